The summed E-state index contributed by atoms with van der Waals surface area (Å²) in [6, 6.07) is 6.62. The molecule has 0 saturated heterocycles. The maximum absolute atomic E-state index is 12.6. The largest absolute Gasteiger partial charge is 0.330 e. The van der Waals surface area contributed by atoms with Crippen LogP contribution in [0.5, 0.6) is 0 Å². The van der Waals surface area contributed by atoms with E-state index in [2.05, 4.69) is 25.1 Å². The highest BCUT2D eigenvalue weighted by molar-refractivity contribution is 5.99. The van der Waals surface area contributed by atoms with Crippen molar-refractivity contribution in [3.63, 3.8) is 0 Å². The van der Waals surface area contributed by atoms with Gasteiger partial charge in [0.1, 0.15) is 0 Å². The molecule has 1 aliphatic heterocycles. The van der Waals surface area contributed by atoms with Crippen LogP contribution in [0.3, 0.4) is 0 Å². The molecule has 104 valence electrons. The fourth-order valence-corrected chi connectivity index (χ4v) is 2.68. The number of amides is 1. The van der Waals surface area contributed by atoms with Gasteiger partial charge in [0.2, 0.25) is 5.91 Å². The van der Waals surface area contributed by atoms with Gasteiger partial charge in [0.25, 0.3) is 0 Å². The van der Waals surface area contributed by atoms with E-state index in [0.717, 1.165) is 18.5 Å². The van der Waals surface area contributed by atoms with E-state index in [-0.39, 0.29) is 17.4 Å². The second-order valence-electron chi connectivity index (χ2n) is 6.48. The zero-order chi connectivity index (χ0) is 14.2. The molecule has 19 heavy (non-hydrogen) atoms. The van der Waals surface area contributed by atoms with Crippen molar-refractivity contribution in [2.75, 3.05) is 11.4 Å². The first-order chi connectivity index (χ1) is 8.84. The number of rotatable bonds is 2. The molecule has 0 aliphatic carbocycles. The molecule has 3 nitrogen and oxygen atoms in total. The molecule has 1 aliphatic rings. The summed E-state index contributed by atoms with van der Waals surface area (Å²) in [7, 11) is 0. The standard InChI is InChI=1S/C16H24N2O/c1-11-9-13-10-12(7-8-17)5-6-14(13)18(11)15(19)16(2,3)4/h5-6,10-11H,7-9,17H2,1-4H3. The quantitative estimate of drug-likeness (QED) is 0.888. The third kappa shape index (κ3) is 2.66. The zero-order valence-corrected chi connectivity index (χ0v) is 12.4. The fourth-order valence-electron chi connectivity index (χ4n) is 2.68. The second kappa shape index (κ2) is 4.97. The van der Waals surface area contributed by atoms with Gasteiger partial charge in [-0.2, -0.15) is 0 Å². The fraction of sp³-hybridized carbons (Fsp3) is 0.562. The van der Waals surface area contributed by atoms with Crippen molar-refractivity contribution in [3.8, 4) is 0 Å². The number of anilines is 1. The first-order valence-electron chi connectivity index (χ1n) is 7.00. The van der Waals surface area contributed by atoms with Crippen LogP contribution in [-0.2, 0) is 17.6 Å². The molecule has 0 bridgehead atoms. The summed E-state index contributed by atoms with van der Waals surface area (Å²) < 4.78 is 0. The van der Waals surface area contributed by atoms with Gasteiger partial charge in [-0.05, 0) is 43.5 Å². The van der Waals surface area contributed by atoms with Crippen LogP contribution in [-0.4, -0.2) is 18.5 Å². The Kier molecular flexibility index (Phi) is 3.68. The average molecular weight is 260 g/mol. The van der Waals surface area contributed by atoms with Gasteiger partial charge in [0.15, 0.2) is 0 Å². The van der Waals surface area contributed by atoms with Crippen molar-refractivity contribution >= 4 is 11.6 Å². The number of benzene rings is 1. The van der Waals surface area contributed by atoms with Crippen LogP contribution < -0.4 is 10.6 Å². The summed E-state index contributed by atoms with van der Waals surface area (Å²) in [5.41, 5.74) is 8.87. The van der Waals surface area contributed by atoms with Gasteiger partial charge in [-0.1, -0.05) is 32.9 Å². The molecule has 1 amide bonds. The van der Waals surface area contributed by atoms with E-state index < -0.39 is 0 Å². The van der Waals surface area contributed by atoms with E-state index in [1.807, 2.05) is 25.7 Å². The molecule has 3 heteroatoms. The maximum Gasteiger partial charge on any atom is 0.232 e. The molecule has 0 fully saturated rings. The summed E-state index contributed by atoms with van der Waals surface area (Å²) >= 11 is 0. The monoisotopic (exact) mass is 260 g/mol. The zero-order valence-electron chi connectivity index (χ0n) is 12.4. The SMILES string of the molecule is CC1Cc2cc(CCN)ccc2N1C(=O)C(C)(C)C. The molecular weight excluding hydrogens is 236 g/mol. The van der Waals surface area contributed by atoms with E-state index in [1.165, 1.54) is 11.1 Å². The lowest BCUT2D eigenvalue weighted by molar-refractivity contribution is -0.126. The Morgan fingerprint density at radius 1 is 1.42 bits per heavy atom. The number of hydrogen-bond donors (Lipinski definition) is 1. The third-order valence-corrected chi connectivity index (χ3v) is 3.65. The van der Waals surface area contributed by atoms with Crippen molar-refractivity contribution in [1.82, 2.24) is 0 Å². The second-order valence-corrected chi connectivity index (χ2v) is 6.48. The highest BCUT2D eigenvalue weighted by atomic mass is 16.2. The predicted molar refractivity (Wildman–Crippen MR) is 79.3 cm³/mol. The van der Waals surface area contributed by atoms with Crippen LogP contribution in [0, 0.1) is 5.41 Å². The smallest absolute Gasteiger partial charge is 0.232 e. The van der Waals surface area contributed by atoms with E-state index >= 15 is 0 Å². The summed E-state index contributed by atoms with van der Waals surface area (Å²) in [5, 5.41) is 0. The van der Waals surface area contributed by atoms with E-state index in [9.17, 15) is 4.79 Å². The lowest BCUT2D eigenvalue weighted by atomic mass is 9.94. The van der Waals surface area contributed by atoms with E-state index in [4.69, 9.17) is 5.73 Å². The van der Waals surface area contributed by atoms with Crippen molar-refractivity contribution in [1.29, 1.82) is 0 Å². The maximum atomic E-state index is 12.6. The number of nitrogens with zero attached hydrogens (tertiary/aromatic N) is 1. The number of fused-ring (bicyclic) bond motifs is 1. The van der Waals surface area contributed by atoms with Gasteiger partial charge in [0.05, 0.1) is 0 Å². The molecule has 0 saturated carbocycles. The van der Waals surface area contributed by atoms with Gasteiger partial charge in [-0.3, -0.25) is 4.79 Å². The summed E-state index contributed by atoms with van der Waals surface area (Å²) in [6.07, 6.45) is 1.84. The number of carbonyl (C=O) groups is 1. The highest BCUT2D eigenvalue weighted by Crippen LogP contribution is 2.36. The first kappa shape index (κ1) is 14.1. The van der Waals surface area contributed by atoms with Crippen molar-refractivity contribution in [3.05, 3.63) is 29.3 Å². The van der Waals surface area contributed by atoms with Crippen LogP contribution in [0.2, 0.25) is 0 Å². The number of nitrogens with two attached hydrogens (primary N) is 1. The Morgan fingerprint density at radius 3 is 2.68 bits per heavy atom. The molecule has 1 atom stereocenters. The van der Waals surface area contributed by atoms with Crippen molar-refractivity contribution in [2.45, 2.75) is 46.6 Å². The Hall–Kier alpha value is -1.35. The molecule has 1 aromatic rings. The van der Waals surface area contributed by atoms with Gasteiger partial charge in [0, 0.05) is 17.1 Å². The minimum atomic E-state index is -0.341. The number of hydrogen-bond acceptors (Lipinski definition) is 2. The Balaban J connectivity index is 2.35. The van der Waals surface area contributed by atoms with Gasteiger partial charge < -0.3 is 10.6 Å². The Morgan fingerprint density at radius 2 is 2.11 bits per heavy atom. The normalized spacial score (nSPS) is 18.6. The Bertz CT molecular complexity index is 488. The average Bonchev–Trinajstić information content (AvgIpc) is 2.62. The molecular formula is C16H24N2O. The van der Waals surface area contributed by atoms with Crippen LogP contribution in [0.15, 0.2) is 18.2 Å². The van der Waals surface area contributed by atoms with Gasteiger partial charge in [-0.15, -0.1) is 0 Å². The third-order valence-electron chi connectivity index (χ3n) is 3.65. The lowest BCUT2D eigenvalue weighted by Gasteiger charge is -2.29. The highest BCUT2D eigenvalue weighted by Gasteiger charge is 2.36. The molecule has 0 radical (unpaired) electrons. The van der Waals surface area contributed by atoms with E-state index in [1.54, 1.807) is 0 Å². The summed E-state index contributed by atoms with van der Waals surface area (Å²) in [4.78, 5) is 14.5. The molecule has 0 aromatic heterocycles. The summed E-state index contributed by atoms with van der Waals surface area (Å²) in [6.45, 7) is 8.71. The number of carbonyl (C=O) groups excluding carboxylic acids is 1. The van der Waals surface area contributed by atoms with Gasteiger partial charge in [-0.25, -0.2) is 0 Å². The first-order valence-corrected chi connectivity index (χ1v) is 7.00. The molecule has 0 spiro atoms. The van der Waals surface area contributed by atoms with Crippen molar-refractivity contribution in [2.24, 2.45) is 11.1 Å². The minimum absolute atomic E-state index is 0.199. The molecule has 1 aromatic carbocycles. The molecule has 2 rings (SSSR count). The Labute approximate surface area is 115 Å². The van der Waals surface area contributed by atoms with Crippen LogP contribution in [0.25, 0.3) is 0 Å². The minimum Gasteiger partial charge on any atom is -0.330 e. The topological polar surface area (TPSA) is 46.3 Å². The van der Waals surface area contributed by atoms with Gasteiger partial charge >= 0.3 is 0 Å². The molecule has 2 N–H and O–H groups in total. The molecule has 1 unspecified atom stereocenters. The van der Waals surface area contributed by atoms with E-state index in [0.29, 0.717) is 6.54 Å². The van der Waals surface area contributed by atoms with Crippen LogP contribution in [0.4, 0.5) is 5.69 Å². The predicted octanol–water partition coefficient (Wildman–Crippen LogP) is 2.51. The molecule has 1 heterocycles. The lowest BCUT2D eigenvalue weighted by Crippen LogP contribution is -2.42. The van der Waals surface area contributed by atoms with Crippen LogP contribution >= 0.6 is 0 Å². The van der Waals surface area contributed by atoms with Crippen LogP contribution in [0.1, 0.15) is 38.8 Å². The van der Waals surface area contributed by atoms with Crippen molar-refractivity contribution < 1.29 is 4.79 Å². The summed E-state index contributed by atoms with van der Waals surface area (Å²) in [5.74, 6) is 0.199.